The van der Waals surface area contributed by atoms with Crippen LogP contribution in [0.15, 0.2) is 46.7 Å². The largest absolute Gasteiger partial charge is 0.387 e. The fourth-order valence-electron chi connectivity index (χ4n) is 2.03. The van der Waals surface area contributed by atoms with Crippen molar-refractivity contribution in [2.45, 2.75) is 27.7 Å². The van der Waals surface area contributed by atoms with Gasteiger partial charge in [-0.15, -0.1) is 0 Å². The Kier molecular flexibility index (Phi) is 6.96. The number of aryl methyl sites for hydroxylation is 2. The van der Waals surface area contributed by atoms with Gasteiger partial charge in [-0.3, -0.25) is 14.8 Å². The molecule has 0 aliphatic carbocycles. The van der Waals surface area contributed by atoms with Crippen LogP contribution in [0.25, 0.3) is 0 Å². The van der Waals surface area contributed by atoms with Crippen LogP contribution in [-0.2, 0) is 14.5 Å². The van der Waals surface area contributed by atoms with Crippen molar-refractivity contribution in [3.8, 4) is 0 Å². The first-order chi connectivity index (χ1) is 12.5. The second kappa shape index (κ2) is 9.41. The Morgan fingerprint density at radius 2 is 1.27 bits per heavy atom. The number of pyridine rings is 2. The van der Waals surface area contributed by atoms with Crippen molar-refractivity contribution < 1.29 is 14.5 Å². The lowest BCUT2D eigenvalue weighted by atomic mass is 10.2. The van der Waals surface area contributed by atoms with Crippen LogP contribution in [0.3, 0.4) is 0 Å². The molecule has 0 spiro atoms. The van der Waals surface area contributed by atoms with Crippen LogP contribution < -0.4 is 0 Å². The highest BCUT2D eigenvalue weighted by atomic mass is 16.6. The van der Waals surface area contributed by atoms with Gasteiger partial charge in [0.2, 0.25) is 5.78 Å². The molecule has 2 aromatic heterocycles. The van der Waals surface area contributed by atoms with Crippen LogP contribution in [0.4, 0.5) is 0 Å². The molecule has 7 heteroatoms. The zero-order chi connectivity index (χ0) is 18.9. The van der Waals surface area contributed by atoms with E-state index < -0.39 is 0 Å². The summed E-state index contributed by atoms with van der Waals surface area (Å²) in [5.74, 6) is -0.271. The molecule has 0 unspecified atom stereocenters. The molecule has 0 atom stereocenters. The maximum absolute atomic E-state index is 11.8. The van der Waals surface area contributed by atoms with Gasteiger partial charge in [0.1, 0.15) is 11.4 Å². The quantitative estimate of drug-likeness (QED) is 0.537. The third-order valence-electron chi connectivity index (χ3n) is 3.37. The molecule has 0 fully saturated rings. The highest BCUT2D eigenvalue weighted by Gasteiger charge is 2.06. The van der Waals surface area contributed by atoms with Gasteiger partial charge in [-0.1, -0.05) is 22.4 Å². The van der Waals surface area contributed by atoms with Gasteiger partial charge >= 0.3 is 0 Å². The van der Waals surface area contributed by atoms with E-state index in [1.807, 2.05) is 50.2 Å². The number of oxime groups is 2. The number of hydrogen-bond acceptors (Lipinski definition) is 7. The second-order valence-electron chi connectivity index (χ2n) is 5.77. The summed E-state index contributed by atoms with van der Waals surface area (Å²) in [6.07, 6.45) is 0. The van der Waals surface area contributed by atoms with Gasteiger partial charge in [0, 0.05) is 11.4 Å². The van der Waals surface area contributed by atoms with Gasteiger partial charge in [0.05, 0.1) is 11.4 Å². The number of hydrogen-bond donors (Lipinski definition) is 0. The molecule has 2 heterocycles. The number of ketones is 1. The molecule has 2 aromatic rings. The summed E-state index contributed by atoms with van der Waals surface area (Å²) in [7, 11) is 0. The minimum Gasteiger partial charge on any atom is -0.387 e. The third-order valence-corrected chi connectivity index (χ3v) is 3.37. The van der Waals surface area contributed by atoms with E-state index in [0.717, 1.165) is 11.4 Å². The van der Waals surface area contributed by atoms with Gasteiger partial charge in [-0.25, -0.2) is 0 Å². The summed E-state index contributed by atoms with van der Waals surface area (Å²) < 4.78 is 0. The maximum atomic E-state index is 11.8. The van der Waals surface area contributed by atoms with Crippen LogP contribution >= 0.6 is 0 Å². The minimum atomic E-state index is -0.271. The SMILES string of the molecule is C/C(=N\OCC(=O)CO/N=C(\C)c1cccc(C)n1)c1cccc(C)n1. The minimum absolute atomic E-state index is 0.194. The Morgan fingerprint density at radius 1 is 0.846 bits per heavy atom. The fourth-order valence-corrected chi connectivity index (χ4v) is 2.03. The average Bonchev–Trinajstić information content (AvgIpc) is 2.61. The normalized spacial score (nSPS) is 12.0. The topological polar surface area (TPSA) is 86.0 Å². The molecular formula is C19H22N4O3. The molecular weight excluding hydrogens is 332 g/mol. The molecule has 0 radical (unpaired) electrons. The summed E-state index contributed by atoms with van der Waals surface area (Å²) in [5.41, 5.74) is 4.39. The van der Waals surface area contributed by atoms with E-state index in [4.69, 9.17) is 9.68 Å². The predicted octanol–water partition coefficient (Wildman–Crippen LogP) is 2.84. The average molecular weight is 354 g/mol. The van der Waals surface area contributed by atoms with E-state index in [0.29, 0.717) is 22.8 Å². The van der Waals surface area contributed by atoms with Crippen molar-refractivity contribution in [1.82, 2.24) is 9.97 Å². The summed E-state index contributed by atoms with van der Waals surface area (Å²) in [6.45, 7) is 6.94. The van der Waals surface area contributed by atoms with Crippen LogP contribution in [-0.4, -0.2) is 40.4 Å². The van der Waals surface area contributed by atoms with Crippen LogP contribution in [0.1, 0.15) is 36.6 Å². The van der Waals surface area contributed by atoms with Crippen molar-refractivity contribution in [1.29, 1.82) is 0 Å². The zero-order valence-electron chi connectivity index (χ0n) is 15.4. The Bertz CT molecular complexity index is 764. The number of aromatic nitrogens is 2. The molecule has 136 valence electrons. The molecule has 0 saturated heterocycles. The van der Waals surface area contributed by atoms with Gasteiger partial charge in [-0.05, 0) is 52.0 Å². The smallest absolute Gasteiger partial charge is 0.213 e. The summed E-state index contributed by atoms with van der Waals surface area (Å²) in [5, 5.41) is 7.82. The van der Waals surface area contributed by atoms with Crippen LogP contribution in [0, 0.1) is 13.8 Å². The van der Waals surface area contributed by atoms with Crippen LogP contribution in [0.2, 0.25) is 0 Å². The first-order valence-corrected chi connectivity index (χ1v) is 8.18. The monoisotopic (exact) mass is 354 g/mol. The van der Waals surface area contributed by atoms with Crippen molar-refractivity contribution in [3.05, 3.63) is 59.2 Å². The van der Waals surface area contributed by atoms with Gasteiger partial charge < -0.3 is 9.68 Å². The Balaban J connectivity index is 1.78. The Hall–Kier alpha value is -3.09. The van der Waals surface area contributed by atoms with Crippen molar-refractivity contribution in [2.24, 2.45) is 10.3 Å². The molecule has 2 rings (SSSR count). The van der Waals surface area contributed by atoms with Crippen LogP contribution in [0.5, 0.6) is 0 Å². The van der Waals surface area contributed by atoms with Gasteiger partial charge in [-0.2, -0.15) is 0 Å². The van der Waals surface area contributed by atoms with Crippen molar-refractivity contribution >= 4 is 17.2 Å². The summed E-state index contributed by atoms with van der Waals surface area (Å²) in [4.78, 5) is 30.6. The molecule has 26 heavy (non-hydrogen) atoms. The Labute approximate surface area is 152 Å². The van der Waals surface area contributed by atoms with Crippen molar-refractivity contribution in [2.75, 3.05) is 13.2 Å². The molecule has 0 bridgehead atoms. The van der Waals surface area contributed by atoms with E-state index >= 15 is 0 Å². The van der Waals surface area contributed by atoms with E-state index in [1.54, 1.807) is 13.8 Å². The van der Waals surface area contributed by atoms with E-state index in [2.05, 4.69) is 20.3 Å². The fraction of sp³-hybridized carbons (Fsp3) is 0.316. The van der Waals surface area contributed by atoms with E-state index in [9.17, 15) is 4.79 Å². The van der Waals surface area contributed by atoms with Gasteiger partial charge in [0.25, 0.3) is 0 Å². The molecule has 0 aromatic carbocycles. The van der Waals surface area contributed by atoms with E-state index in [1.165, 1.54) is 0 Å². The highest BCUT2D eigenvalue weighted by molar-refractivity contribution is 5.97. The first kappa shape index (κ1) is 19.2. The maximum Gasteiger partial charge on any atom is 0.213 e. The third kappa shape index (κ3) is 6.08. The lowest BCUT2D eigenvalue weighted by Gasteiger charge is -2.03. The molecule has 0 saturated carbocycles. The summed E-state index contributed by atoms with van der Waals surface area (Å²) in [6, 6.07) is 11.2. The number of rotatable bonds is 8. The number of nitrogens with zero attached hydrogens (tertiary/aromatic N) is 4. The van der Waals surface area contributed by atoms with Crippen molar-refractivity contribution in [3.63, 3.8) is 0 Å². The lowest BCUT2D eigenvalue weighted by molar-refractivity contribution is -0.128. The zero-order valence-corrected chi connectivity index (χ0v) is 15.4. The predicted molar refractivity (Wildman–Crippen MR) is 99.3 cm³/mol. The standard InChI is InChI=1S/C19H22N4O3/c1-13-7-5-9-18(20-13)15(3)22-25-11-17(24)12-26-23-16(4)19-10-6-8-14(2)21-19/h5-10H,11-12H2,1-4H3/b22-15+,23-16+. The Morgan fingerprint density at radius 3 is 1.65 bits per heavy atom. The first-order valence-electron chi connectivity index (χ1n) is 8.18. The summed E-state index contributed by atoms with van der Waals surface area (Å²) >= 11 is 0. The molecule has 7 nitrogen and oxygen atoms in total. The molecule has 0 aliphatic rings. The highest BCUT2D eigenvalue weighted by Crippen LogP contribution is 2.02. The molecule has 0 amide bonds. The molecule has 0 N–H and O–H groups in total. The lowest BCUT2D eigenvalue weighted by Crippen LogP contribution is -2.14. The van der Waals surface area contributed by atoms with E-state index in [-0.39, 0.29) is 19.0 Å². The van der Waals surface area contributed by atoms with Gasteiger partial charge in [0.15, 0.2) is 13.2 Å². The number of Topliss-reactive ketones (excluding diaryl/α,β-unsaturated/α-hetero) is 1. The number of carbonyl (C=O) groups is 1. The molecule has 0 aliphatic heterocycles. The second-order valence-corrected chi connectivity index (χ2v) is 5.77. The number of carbonyl (C=O) groups excluding carboxylic acids is 1.